The van der Waals surface area contributed by atoms with Gasteiger partial charge in [0.05, 0.1) is 0 Å². The number of halogens is 1. The molecule has 7 heteroatoms. The van der Waals surface area contributed by atoms with Gasteiger partial charge in [-0.1, -0.05) is 0 Å². The van der Waals surface area contributed by atoms with Crippen LogP contribution in [0, 0.1) is 17.3 Å². The van der Waals surface area contributed by atoms with Crippen molar-refractivity contribution in [2.75, 3.05) is 40.4 Å². The van der Waals surface area contributed by atoms with Crippen molar-refractivity contribution in [3.63, 3.8) is 0 Å². The van der Waals surface area contributed by atoms with Crippen molar-refractivity contribution in [2.45, 2.75) is 24.9 Å². The molecular weight excluding hydrogens is 299 g/mol. The SMILES string of the molecule is CN1CC[C@H]1COc1cc(C#N)c(F)nc1OC[C@@H]1CCN1C. The van der Waals surface area contributed by atoms with E-state index < -0.39 is 5.95 Å². The molecule has 124 valence electrons. The van der Waals surface area contributed by atoms with Crippen LogP contribution in [0.3, 0.4) is 0 Å². The lowest BCUT2D eigenvalue weighted by Gasteiger charge is -2.38. The summed E-state index contributed by atoms with van der Waals surface area (Å²) in [6.45, 7) is 3.01. The number of ether oxygens (including phenoxy) is 2. The summed E-state index contributed by atoms with van der Waals surface area (Å²) in [4.78, 5) is 8.13. The van der Waals surface area contributed by atoms with Crippen LogP contribution in [0.5, 0.6) is 11.6 Å². The van der Waals surface area contributed by atoms with Crippen molar-refractivity contribution in [3.8, 4) is 17.7 Å². The second-order valence-electron chi connectivity index (χ2n) is 6.21. The summed E-state index contributed by atoms with van der Waals surface area (Å²) in [6, 6.07) is 3.83. The molecule has 0 bridgehead atoms. The molecule has 0 radical (unpaired) electrons. The lowest BCUT2D eigenvalue weighted by atomic mass is 10.1. The van der Waals surface area contributed by atoms with E-state index in [0.29, 0.717) is 31.0 Å². The van der Waals surface area contributed by atoms with Crippen LogP contribution in [0.2, 0.25) is 0 Å². The molecule has 0 spiro atoms. The molecule has 0 N–H and O–H groups in total. The summed E-state index contributed by atoms with van der Waals surface area (Å²) in [5.74, 6) is -0.355. The third-order valence-electron chi connectivity index (χ3n) is 4.75. The number of rotatable bonds is 6. The molecule has 6 nitrogen and oxygen atoms in total. The molecule has 2 saturated heterocycles. The van der Waals surface area contributed by atoms with Crippen LogP contribution in [0.15, 0.2) is 6.07 Å². The molecule has 2 atom stereocenters. The Hall–Kier alpha value is -1.91. The standard InChI is InChI=1S/C16H21FN4O2/c1-20-5-3-12(20)9-22-14-7-11(8-18)15(17)19-16(14)23-10-13-4-6-21(13)2/h7,12-13H,3-6,9-10H2,1-2H3/t12-,13-/m0/s1. The third-order valence-corrected chi connectivity index (χ3v) is 4.75. The zero-order valence-corrected chi connectivity index (χ0v) is 13.5. The first-order valence-electron chi connectivity index (χ1n) is 7.85. The lowest BCUT2D eigenvalue weighted by molar-refractivity contribution is 0.0642. The third kappa shape index (κ3) is 3.38. The Bertz CT molecular complexity index is 619. The Morgan fingerprint density at radius 2 is 1.83 bits per heavy atom. The zero-order chi connectivity index (χ0) is 16.4. The number of hydrogen-bond acceptors (Lipinski definition) is 6. The molecule has 0 amide bonds. The van der Waals surface area contributed by atoms with Crippen molar-refractivity contribution in [1.29, 1.82) is 5.26 Å². The molecule has 0 saturated carbocycles. The predicted octanol–water partition coefficient (Wildman–Crippen LogP) is 1.26. The van der Waals surface area contributed by atoms with E-state index in [1.807, 2.05) is 14.1 Å². The molecular formula is C16H21FN4O2. The van der Waals surface area contributed by atoms with Gasteiger partial charge in [0.1, 0.15) is 24.8 Å². The van der Waals surface area contributed by atoms with E-state index in [4.69, 9.17) is 14.7 Å². The molecule has 1 aromatic heterocycles. The van der Waals surface area contributed by atoms with E-state index in [9.17, 15) is 4.39 Å². The average Bonchev–Trinajstić information content (AvgIpc) is 2.53. The maximum absolute atomic E-state index is 13.8. The van der Waals surface area contributed by atoms with E-state index >= 15 is 0 Å². The first kappa shape index (κ1) is 16.0. The van der Waals surface area contributed by atoms with Crippen LogP contribution in [-0.2, 0) is 0 Å². The fourth-order valence-corrected chi connectivity index (χ4v) is 2.66. The van der Waals surface area contributed by atoms with Gasteiger partial charge in [0.2, 0.25) is 5.95 Å². The van der Waals surface area contributed by atoms with Crippen LogP contribution in [0.1, 0.15) is 18.4 Å². The van der Waals surface area contributed by atoms with Crippen molar-refractivity contribution in [3.05, 3.63) is 17.6 Å². The highest BCUT2D eigenvalue weighted by Gasteiger charge is 2.27. The van der Waals surface area contributed by atoms with Gasteiger partial charge in [0.25, 0.3) is 5.88 Å². The second kappa shape index (κ2) is 6.69. The fourth-order valence-electron chi connectivity index (χ4n) is 2.66. The summed E-state index contributed by atoms with van der Waals surface area (Å²) in [5.41, 5.74) is -0.130. The van der Waals surface area contributed by atoms with Crippen molar-refractivity contribution < 1.29 is 13.9 Å². The Labute approximate surface area is 135 Å². The number of likely N-dealkylation sites (N-methyl/N-ethyl adjacent to an activating group) is 2. The largest absolute Gasteiger partial charge is 0.486 e. The summed E-state index contributed by atoms with van der Waals surface area (Å²) >= 11 is 0. The highest BCUT2D eigenvalue weighted by Crippen LogP contribution is 2.29. The summed E-state index contributed by atoms with van der Waals surface area (Å²) < 4.78 is 25.2. The van der Waals surface area contributed by atoms with Gasteiger partial charge in [-0.3, -0.25) is 9.80 Å². The number of aromatic nitrogens is 1. The van der Waals surface area contributed by atoms with Gasteiger partial charge >= 0.3 is 0 Å². The van der Waals surface area contributed by atoms with Gasteiger partial charge in [-0.05, 0) is 40.0 Å². The quantitative estimate of drug-likeness (QED) is 0.736. The van der Waals surface area contributed by atoms with Crippen molar-refractivity contribution >= 4 is 0 Å². The Kier molecular flexibility index (Phi) is 4.64. The first-order valence-corrected chi connectivity index (χ1v) is 7.85. The molecule has 23 heavy (non-hydrogen) atoms. The Morgan fingerprint density at radius 3 is 2.30 bits per heavy atom. The number of hydrogen-bond donors (Lipinski definition) is 0. The van der Waals surface area contributed by atoms with Crippen LogP contribution < -0.4 is 9.47 Å². The van der Waals surface area contributed by atoms with Gasteiger partial charge in [0, 0.05) is 18.2 Å². The summed E-state index contributed by atoms with van der Waals surface area (Å²) in [5, 5.41) is 8.97. The lowest BCUT2D eigenvalue weighted by Crippen LogP contribution is -2.48. The van der Waals surface area contributed by atoms with Gasteiger partial charge in [-0.25, -0.2) is 0 Å². The van der Waals surface area contributed by atoms with Gasteiger partial charge in [0.15, 0.2) is 5.75 Å². The van der Waals surface area contributed by atoms with E-state index in [0.717, 1.165) is 25.9 Å². The number of pyridine rings is 1. The molecule has 2 fully saturated rings. The maximum Gasteiger partial charge on any atom is 0.259 e. The number of likely N-dealkylation sites (tertiary alicyclic amines) is 2. The zero-order valence-electron chi connectivity index (χ0n) is 13.5. The minimum Gasteiger partial charge on any atom is -0.486 e. The molecule has 0 aromatic carbocycles. The molecule has 2 aliphatic heterocycles. The van der Waals surface area contributed by atoms with Crippen LogP contribution >= 0.6 is 0 Å². The normalized spacial score (nSPS) is 24.4. The van der Waals surface area contributed by atoms with Gasteiger partial charge < -0.3 is 9.47 Å². The fraction of sp³-hybridized carbons (Fsp3) is 0.625. The van der Waals surface area contributed by atoms with Gasteiger partial charge in [-0.2, -0.15) is 14.6 Å². The minimum atomic E-state index is -0.822. The molecule has 2 aliphatic rings. The first-order chi connectivity index (χ1) is 11.1. The summed E-state index contributed by atoms with van der Waals surface area (Å²) in [7, 11) is 4.05. The molecule has 0 aliphatic carbocycles. The Morgan fingerprint density at radius 1 is 1.22 bits per heavy atom. The second-order valence-corrected chi connectivity index (χ2v) is 6.21. The van der Waals surface area contributed by atoms with E-state index in [1.165, 1.54) is 6.07 Å². The molecule has 3 rings (SSSR count). The number of nitriles is 1. The minimum absolute atomic E-state index is 0.128. The van der Waals surface area contributed by atoms with Crippen molar-refractivity contribution in [2.24, 2.45) is 0 Å². The van der Waals surface area contributed by atoms with Crippen LogP contribution in [0.25, 0.3) is 0 Å². The number of nitrogens with zero attached hydrogens (tertiary/aromatic N) is 4. The maximum atomic E-state index is 13.8. The predicted molar refractivity (Wildman–Crippen MR) is 82.0 cm³/mol. The van der Waals surface area contributed by atoms with Crippen molar-refractivity contribution in [1.82, 2.24) is 14.8 Å². The van der Waals surface area contributed by atoms with E-state index in [2.05, 4.69) is 14.8 Å². The monoisotopic (exact) mass is 320 g/mol. The molecule has 1 aromatic rings. The molecule has 0 unspecified atom stereocenters. The highest BCUT2D eigenvalue weighted by molar-refractivity contribution is 5.42. The van der Waals surface area contributed by atoms with E-state index in [-0.39, 0.29) is 11.4 Å². The van der Waals surface area contributed by atoms with Gasteiger partial charge in [-0.15, -0.1) is 0 Å². The topological polar surface area (TPSA) is 61.6 Å². The summed E-state index contributed by atoms with van der Waals surface area (Å²) in [6.07, 6.45) is 2.12. The van der Waals surface area contributed by atoms with E-state index in [1.54, 1.807) is 6.07 Å². The smallest absolute Gasteiger partial charge is 0.259 e. The van der Waals surface area contributed by atoms with Crippen LogP contribution in [0.4, 0.5) is 4.39 Å². The highest BCUT2D eigenvalue weighted by atomic mass is 19.1. The van der Waals surface area contributed by atoms with Crippen LogP contribution in [-0.4, -0.2) is 67.3 Å². The Balaban J connectivity index is 1.69. The molecule has 3 heterocycles. The average molecular weight is 320 g/mol.